The normalized spacial score (nSPS) is 16.6. The van der Waals surface area contributed by atoms with Gasteiger partial charge in [-0.3, -0.25) is 4.79 Å². The molecule has 1 aliphatic rings. The van der Waals surface area contributed by atoms with Crippen molar-refractivity contribution in [1.82, 2.24) is 0 Å². The van der Waals surface area contributed by atoms with Crippen LogP contribution in [0, 0.1) is 11.7 Å². The van der Waals surface area contributed by atoms with E-state index in [2.05, 4.69) is 15.9 Å². The first-order valence-electron chi connectivity index (χ1n) is 5.65. The molecule has 0 saturated heterocycles. The van der Waals surface area contributed by atoms with Crippen molar-refractivity contribution in [2.45, 2.75) is 32.1 Å². The minimum Gasteiger partial charge on any atom is -0.294 e. The van der Waals surface area contributed by atoms with E-state index in [4.69, 9.17) is 0 Å². The maximum absolute atomic E-state index is 13.3. The summed E-state index contributed by atoms with van der Waals surface area (Å²) in [6.07, 6.45) is 5.28. The zero-order valence-corrected chi connectivity index (χ0v) is 10.6. The van der Waals surface area contributed by atoms with E-state index in [1.807, 2.05) is 0 Å². The molecule has 0 aromatic heterocycles. The molecule has 1 aromatic rings. The van der Waals surface area contributed by atoms with Gasteiger partial charge >= 0.3 is 0 Å². The molecule has 0 unspecified atom stereocenters. The van der Waals surface area contributed by atoms with Crippen molar-refractivity contribution in [2.24, 2.45) is 5.92 Å². The highest BCUT2D eigenvalue weighted by Crippen LogP contribution is 2.30. The fraction of sp³-hybridized carbons (Fsp3) is 0.462. The molecular formula is C13H14BrFO. The number of ketones is 1. The topological polar surface area (TPSA) is 17.1 Å². The first kappa shape index (κ1) is 11.8. The number of hydrogen-bond donors (Lipinski definition) is 0. The summed E-state index contributed by atoms with van der Waals surface area (Å²) in [7, 11) is 0. The Labute approximate surface area is 103 Å². The van der Waals surface area contributed by atoms with Crippen LogP contribution in [0.15, 0.2) is 22.7 Å². The van der Waals surface area contributed by atoms with Gasteiger partial charge in [-0.1, -0.05) is 37.8 Å². The van der Waals surface area contributed by atoms with Gasteiger partial charge in [0.25, 0.3) is 0 Å². The Balaban J connectivity index is 2.11. The van der Waals surface area contributed by atoms with Gasteiger partial charge in [0.15, 0.2) is 5.78 Å². The second-order valence-electron chi connectivity index (χ2n) is 4.38. The number of carbonyl (C=O) groups is 1. The van der Waals surface area contributed by atoms with E-state index in [-0.39, 0.29) is 11.6 Å². The molecule has 1 fully saturated rings. The predicted molar refractivity (Wildman–Crippen MR) is 65.0 cm³/mol. The van der Waals surface area contributed by atoms with E-state index in [1.165, 1.54) is 18.9 Å². The summed E-state index contributed by atoms with van der Waals surface area (Å²) in [5, 5.41) is 0. The average molecular weight is 285 g/mol. The van der Waals surface area contributed by atoms with Gasteiger partial charge in [0, 0.05) is 12.0 Å². The van der Waals surface area contributed by atoms with E-state index in [0.29, 0.717) is 22.4 Å². The van der Waals surface area contributed by atoms with Gasteiger partial charge in [-0.05, 0) is 27.9 Å². The van der Waals surface area contributed by atoms with E-state index in [1.54, 1.807) is 12.1 Å². The smallest absolute Gasteiger partial charge is 0.164 e. The lowest BCUT2D eigenvalue weighted by Gasteiger charge is -2.09. The molecule has 0 bridgehead atoms. The van der Waals surface area contributed by atoms with Gasteiger partial charge < -0.3 is 0 Å². The summed E-state index contributed by atoms with van der Waals surface area (Å²) in [6.45, 7) is 0. The number of carbonyl (C=O) groups excluding carboxylic acids is 1. The molecule has 0 spiro atoms. The number of halogens is 2. The molecule has 1 saturated carbocycles. The van der Waals surface area contributed by atoms with E-state index in [0.717, 1.165) is 12.8 Å². The Hall–Kier alpha value is -0.700. The van der Waals surface area contributed by atoms with Crippen molar-refractivity contribution in [2.75, 3.05) is 0 Å². The standard InChI is InChI=1S/C13H14BrFO/c14-13-10(6-3-7-11(13)15)12(16)8-9-4-1-2-5-9/h3,6-7,9H,1-2,4-5,8H2. The Morgan fingerprint density at radius 1 is 1.38 bits per heavy atom. The molecule has 0 radical (unpaired) electrons. The van der Waals surface area contributed by atoms with Crippen molar-refractivity contribution in [3.63, 3.8) is 0 Å². The van der Waals surface area contributed by atoms with Gasteiger partial charge in [0.2, 0.25) is 0 Å². The summed E-state index contributed by atoms with van der Waals surface area (Å²) in [4.78, 5) is 12.0. The number of Topliss-reactive ketones (excluding diaryl/α,β-unsaturated/α-hetero) is 1. The largest absolute Gasteiger partial charge is 0.294 e. The van der Waals surface area contributed by atoms with Crippen molar-refractivity contribution < 1.29 is 9.18 Å². The zero-order valence-electron chi connectivity index (χ0n) is 9.01. The minimum atomic E-state index is -0.364. The summed E-state index contributed by atoms with van der Waals surface area (Å²) >= 11 is 3.13. The first-order chi connectivity index (χ1) is 7.68. The fourth-order valence-corrected chi connectivity index (χ4v) is 2.79. The maximum Gasteiger partial charge on any atom is 0.164 e. The van der Waals surface area contributed by atoms with E-state index < -0.39 is 0 Å². The molecule has 0 atom stereocenters. The van der Waals surface area contributed by atoms with Crippen LogP contribution >= 0.6 is 15.9 Å². The van der Waals surface area contributed by atoms with Crippen LogP contribution < -0.4 is 0 Å². The van der Waals surface area contributed by atoms with Gasteiger partial charge in [-0.2, -0.15) is 0 Å². The number of rotatable bonds is 3. The molecule has 0 N–H and O–H groups in total. The molecule has 3 heteroatoms. The first-order valence-corrected chi connectivity index (χ1v) is 6.45. The molecule has 1 aromatic carbocycles. The van der Waals surface area contributed by atoms with Gasteiger partial charge in [-0.15, -0.1) is 0 Å². The monoisotopic (exact) mass is 284 g/mol. The molecule has 0 heterocycles. The SMILES string of the molecule is O=C(CC1CCCC1)c1cccc(F)c1Br. The van der Waals surface area contributed by atoms with Crippen molar-refractivity contribution in [3.05, 3.63) is 34.1 Å². The quantitative estimate of drug-likeness (QED) is 0.754. The molecule has 16 heavy (non-hydrogen) atoms. The summed E-state index contributed by atoms with van der Waals surface area (Å²) in [5.41, 5.74) is 0.479. The third-order valence-corrected chi connectivity index (χ3v) is 4.01. The van der Waals surface area contributed by atoms with Crippen LogP contribution in [0.5, 0.6) is 0 Å². The highest BCUT2D eigenvalue weighted by molar-refractivity contribution is 9.10. The highest BCUT2D eigenvalue weighted by atomic mass is 79.9. The molecule has 0 aliphatic heterocycles. The molecule has 2 rings (SSSR count). The van der Waals surface area contributed by atoms with Crippen LogP contribution in [0.1, 0.15) is 42.5 Å². The van der Waals surface area contributed by atoms with Crippen LogP contribution in [0.25, 0.3) is 0 Å². The summed E-state index contributed by atoms with van der Waals surface area (Å²) in [6, 6.07) is 4.63. The molecule has 86 valence electrons. The Kier molecular flexibility index (Phi) is 3.74. The number of hydrogen-bond acceptors (Lipinski definition) is 1. The third kappa shape index (κ3) is 2.51. The van der Waals surface area contributed by atoms with Gasteiger partial charge in [-0.25, -0.2) is 4.39 Å². The lowest BCUT2D eigenvalue weighted by molar-refractivity contribution is 0.0961. The van der Waals surface area contributed by atoms with Crippen LogP contribution in [0.4, 0.5) is 4.39 Å². The van der Waals surface area contributed by atoms with Crippen LogP contribution in [0.2, 0.25) is 0 Å². The molecule has 1 aliphatic carbocycles. The molecule has 0 amide bonds. The maximum atomic E-state index is 13.3. The second-order valence-corrected chi connectivity index (χ2v) is 5.17. The third-order valence-electron chi connectivity index (χ3n) is 3.20. The fourth-order valence-electron chi connectivity index (χ4n) is 2.31. The molecule has 1 nitrogen and oxygen atoms in total. The Morgan fingerprint density at radius 3 is 2.75 bits per heavy atom. The van der Waals surface area contributed by atoms with Crippen LogP contribution in [-0.4, -0.2) is 5.78 Å². The Bertz CT molecular complexity index is 397. The van der Waals surface area contributed by atoms with Crippen LogP contribution in [-0.2, 0) is 0 Å². The van der Waals surface area contributed by atoms with E-state index in [9.17, 15) is 9.18 Å². The van der Waals surface area contributed by atoms with E-state index >= 15 is 0 Å². The Morgan fingerprint density at radius 2 is 2.06 bits per heavy atom. The van der Waals surface area contributed by atoms with Crippen molar-refractivity contribution >= 4 is 21.7 Å². The summed E-state index contributed by atoms with van der Waals surface area (Å²) in [5.74, 6) is 0.193. The van der Waals surface area contributed by atoms with Gasteiger partial charge in [0.1, 0.15) is 5.82 Å². The molecular weight excluding hydrogens is 271 g/mol. The summed E-state index contributed by atoms with van der Waals surface area (Å²) < 4.78 is 13.6. The zero-order chi connectivity index (χ0) is 11.5. The number of benzene rings is 1. The highest BCUT2D eigenvalue weighted by Gasteiger charge is 2.21. The van der Waals surface area contributed by atoms with Crippen molar-refractivity contribution in [3.8, 4) is 0 Å². The van der Waals surface area contributed by atoms with Crippen molar-refractivity contribution in [1.29, 1.82) is 0 Å². The average Bonchev–Trinajstić information content (AvgIpc) is 2.74. The minimum absolute atomic E-state index is 0.0540. The lowest BCUT2D eigenvalue weighted by Crippen LogP contribution is -2.07. The lowest BCUT2D eigenvalue weighted by atomic mass is 9.97. The second kappa shape index (κ2) is 5.09. The van der Waals surface area contributed by atoms with Crippen LogP contribution in [0.3, 0.4) is 0 Å². The predicted octanol–water partition coefficient (Wildman–Crippen LogP) is 4.35. The van der Waals surface area contributed by atoms with Gasteiger partial charge in [0.05, 0.1) is 4.47 Å².